The van der Waals surface area contributed by atoms with Gasteiger partial charge in [0.15, 0.2) is 34.7 Å². The van der Waals surface area contributed by atoms with Crippen LogP contribution in [0.15, 0.2) is 84.9 Å². The first-order valence-corrected chi connectivity index (χ1v) is 21.3. The number of hydrogen-bond donors (Lipinski definition) is 0. The summed E-state index contributed by atoms with van der Waals surface area (Å²) in [5, 5.41) is 0. The van der Waals surface area contributed by atoms with E-state index in [-0.39, 0.29) is 41.6 Å². The number of ether oxygens (including phenoxy) is 2. The van der Waals surface area contributed by atoms with Crippen molar-refractivity contribution in [2.75, 3.05) is 14.2 Å². The lowest BCUT2D eigenvalue weighted by Crippen LogP contribution is -2.17. The summed E-state index contributed by atoms with van der Waals surface area (Å²) in [5.41, 5.74) is 6.85. The van der Waals surface area contributed by atoms with Gasteiger partial charge in [0.25, 0.3) is 0 Å². The zero-order chi connectivity index (χ0) is 42.1. The van der Waals surface area contributed by atoms with E-state index < -0.39 is 35.1 Å². The highest BCUT2D eigenvalue weighted by atomic mass is 19.2. The normalized spacial score (nSPS) is 20.3. The Bertz CT molecular complexity index is 2150. The van der Waals surface area contributed by atoms with E-state index in [9.17, 15) is 27.2 Å². The fourth-order valence-electron chi connectivity index (χ4n) is 9.01. The van der Waals surface area contributed by atoms with Crippen LogP contribution >= 0.6 is 0 Å². The van der Waals surface area contributed by atoms with Gasteiger partial charge in [0, 0.05) is 11.1 Å². The molecule has 1 fully saturated rings. The number of unbranched alkanes of at least 4 members (excludes halogenated alkanes) is 1. The molecule has 2 atom stereocenters. The van der Waals surface area contributed by atoms with Crippen LogP contribution in [0.1, 0.15) is 149 Å². The van der Waals surface area contributed by atoms with E-state index in [1.165, 1.54) is 94.6 Å². The average Bonchev–Trinajstić information content (AvgIpc) is 3.26. The minimum absolute atomic E-state index is 0. The van der Waals surface area contributed by atoms with E-state index in [1.807, 2.05) is 12.1 Å². The highest BCUT2D eigenvalue weighted by Gasteiger charge is 2.31. The van der Waals surface area contributed by atoms with Crippen molar-refractivity contribution in [3.63, 3.8) is 0 Å². The Balaban J connectivity index is 0.000000230. The second-order valence-corrected chi connectivity index (χ2v) is 16.2. The van der Waals surface area contributed by atoms with Gasteiger partial charge in [0.1, 0.15) is 0 Å². The molecule has 0 aromatic heterocycles. The largest absolute Gasteiger partial charge is 0.494 e. The summed E-state index contributed by atoms with van der Waals surface area (Å²) in [6, 6.07) is 22.5. The molecule has 0 bridgehead atoms. The molecule has 4 aromatic carbocycles. The summed E-state index contributed by atoms with van der Waals surface area (Å²) < 4.78 is 66.5. The zero-order valence-corrected chi connectivity index (χ0v) is 34.7. The first kappa shape index (κ1) is 46.1. The van der Waals surface area contributed by atoms with Gasteiger partial charge in [0.2, 0.25) is 11.6 Å². The smallest absolute Gasteiger partial charge is 0.200 e. The molecule has 0 aliphatic heterocycles. The van der Waals surface area contributed by atoms with Gasteiger partial charge in [-0.05, 0) is 127 Å². The number of halogens is 4. The van der Waals surface area contributed by atoms with Gasteiger partial charge in [-0.2, -0.15) is 8.78 Å². The third-order valence-electron chi connectivity index (χ3n) is 12.5. The van der Waals surface area contributed by atoms with Gasteiger partial charge in [0.05, 0.1) is 26.1 Å². The van der Waals surface area contributed by atoms with Crippen molar-refractivity contribution < 1.29 is 36.6 Å². The predicted molar refractivity (Wildman–Crippen MR) is 234 cm³/mol. The van der Waals surface area contributed by atoms with Crippen LogP contribution in [0.2, 0.25) is 0 Å². The third-order valence-corrected chi connectivity index (χ3v) is 12.5. The Morgan fingerprint density at radius 3 is 1.45 bits per heavy atom. The summed E-state index contributed by atoms with van der Waals surface area (Å²) in [6.45, 7) is 4.40. The summed E-state index contributed by atoms with van der Waals surface area (Å²) in [4.78, 5) is 25.4. The highest BCUT2D eigenvalue weighted by molar-refractivity contribution is 6.03. The maximum absolute atomic E-state index is 14.5. The number of rotatable bonds is 12. The molecule has 0 amide bonds. The number of allylic oxidation sites excluding steroid dienone is 4. The van der Waals surface area contributed by atoms with Crippen molar-refractivity contribution in [2.45, 2.75) is 122 Å². The molecule has 4 aromatic rings. The van der Waals surface area contributed by atoms with E-state index in [4.69, 9.17) is 9.47 Å². The lowest BCUT2D eigenvalue weighted by atomic mass is 9.76. The SMILES string of the molecule is C.CCCCC1CCC(c2ccc(C3=CC(=O)C(c4ccc(OC)c(F)c4F)CC3)cc2)CC1.CCCc1ccc(C2=CC(=O)C(c3ccc(OC)c(F)c3F)CC2)cc1. The first-order chi connectivity index (χ1) is 28.6. The second kappa shape index (κ2) is 21.5. The molecule has 2 unspecified atom stereocenters. The maximum Gasteiger partial charge on any atom is 0.200 e. The average molecular weight is 825 g/mol. The number of carbonyl (C=O) groups excluding carboxylic acids is 2. The molecule has 3 aliphatic carbocycles. The van der Waals surface area contributed by atoms with Gasteiger partial charge >= 0.3 is 0 Å². The van der Waals surface area contributed by atoms with E-state index in [1.54, 1.807) is 12.2 Å². The minimum Gasteiger partial charge on any atom is -0.494 e. The molecule has 0 radical (unpaired) electrons. The molecule has 0 spiro atoms. The van der Waals surface area contributed by atoms with Crippen molar-refractivity contribution in [3.8, 4) is 11.5 Å². The van der Waals surface area contributed by atoms with Crippen LogP contribution in [0.4, 0.5) is 17.6 Å². The molecule has 7 rings (SSSR count). The molecular formula is C52H60F4O4. The molecule has 60 heavy (non-hydrogen) atoms. The summed E-state index contributed by atoms with van der Waals surface area (Å²) in [6.07, 6.45) is 16.7. The topological polar surface area (TPSA) is 52.6 Å². The third kappa shape index (κ3) is 10.7. The Hall–Kier alpha value is -4.98. The van der Waals surface area contributed by atoms with Gasteiger partial charge in [-0.1, -0.05) is 108 Å². The van der Waals surface area contributed by atoms with Gasteiger partial charge in [-0.3, -0.25) is 9.59 Å². The van der Waals surface area contributed by atoms with Gasteiger partial charge < -0.3 is 9.47 Å². The summed E-state index contributed by atoms with van der Waals surface area (Å²) in [5.74, 6) is -4.50. The van der Waals surface area contributed by atoms with Crippen molar-refractivity contribution in [2.24, 2.45) is 5.92 Å². The van der Waals surface area contributed by atoms with Crippen LogP contribution in [-0.4, -0.2) is 25.8 Å². The van der Waals surface area contributed by atoms with Gasteiger partial charge in [-0.15, -0.1) is 0 Å². The fraction of sp³-hybridized carbons (Fsp3) is 0.423. The van der Waals surface area contributed by atoms with Gasteiger partial charge in [-0.25, -0.2) is 8.78 Å². The van der Waals surface area contributed by atoms with Crippen LogP contribution < -0.4 is 9.47 Å². The van der Waals surface area contributed by atoms with Crippen molar-refractivity contribution in [3.05, 3.63) is 142 Å². The lowest BCUT2D eigenvalue weighted by Gasteiger charge is -2.29. The highest BCUT2D eigenvalue weighted by Crippen LogP contribution is 2.41. The number of ketones is 2. The molecule has 320 valence electrons. The predicted octanol–water partition coefficient (Wildman–Crippen LogP) is 14.1. The van der Waals surface area contributed by atoms with Crippen LogP contribution in [0, 0.1) is 29.2 Å². The standard InChI is InChI=1S/C29H34F2O2.C22H22F2O2.CH4/c1-3-4-5-19-6-8-20(9-7-19)21-10-12-22(13-11-21)23-14-15-24(26(32)18-23)25-16-17-27(33-2)29(31)28(25)30;1-3-4-14-5-7-15(8-6-14)16-9-10-17(19(25)13-16)18-11-12-20(26-2)22(24)21(18)23;/h10-13,16-20,24H,3-9,14-15H2,1-2H3;5-8,11-13,17H,3-4,9-10H2,1-2H3;1H4. The van der Waals surface area contributed by atoms with E-state index in [0.29, 0.717) is 31.6 Å². The molecule has 0 saturated heterocycles. The zero-order valence-electron chi connectivity index (χ0n) is 34.7. The number of aryl methyl sites for hydroxylation is 1. The monoisotopic (exact) mass is 824 g/mol. The molecule has 3 aliphatic rings. The van der Waals surface area contributed by atoms with Crippen molar-refractivity contribution in [1.82, 2.24) is 0 Å². The molecular weight excluding hydrogens is 765 g/mol. The molecule has 0 N–H and O–H groups in total. The van der Waals surface area contributed by atoms with Crippen LogP contribution in [0.5, 0.6) is 11.5 Å². The van der Waals surface area contributed by atoms with Crippen molar-refractivity contribution in [1.29, 1.82) is 0 Å². The Morgan fingerprint density at radius 2 is 1.03 bits per heavy atom. The van der Waals surface area contributed by atoms with E-state index in [0.717, 1.165) is 41.0 Å². The molecule has 4 nitrogen and oxygen atoms in total. The first-order valence-electron chi connectivity index (χ1n) is 21.3. The van der Waals surface area contributed by atoms with Crippen LogP contribution in [-0.2, 0) is 16.0 Å². The Kier molecular flexibility index (Phi) is 16.5. The summed E-state index contributed by atoms with van der Waals surface area (Å²) in [7, 11) is 2.58. The lowest BCUT2D eigenvalue weighted by molar-refractivity contribution is -0.117. The van der Waals surface area contributed by atoms with E-state index >= 15 is 0 Å². The second-order valence-electron chi connectivity index (χ2n) is 16.2. The minimum atomic E-state index is -1.04. The Labute approximate surface area is 354 Å². The molecule has 1 saturated carbocycles. The molecule has 8 heteroatoms. The molecule has 0 heterocycles. The number of benzene rings is 4. The fourth-order valence-corrected chi connectivity index (χ4v) is 9.01. The van der Waals surface area contributed by atoms with Crippen LogP contribution in [0.25, 0.3) is 11.1 Å². The number of methoxy groups -OCH3 is 2. The van der Waals surface area contributed by atoms with Crippen molar-refractivity contribution >= 4 is 22.7 Å². The number of hydrogen-bond acceptors (Lipinski definition) is 4. The van der Waals surface area contributed by atoms with E-state index in [2.05, 4.69) is 50.2 Å². The van der Waals surface area contributed by atoms with Crippen LogP contribution in [0.3, 0.4) is 0 Å². The Morgan fingerprint density at radius 1 is 0.567 bits per heavy atom. The number of carbonyl (C=O) groups is 2. The quantitative estimate of drug-likeness (QED) is 0.134. The maximum atomic E-state index is 14.5. The summed E-state index contributed by atoms with van der Waals surface area (Å²) >= 11 is 0.